The van der Waals surface area contributed by atoms with Crippen LogP contribution in [0.5, 0.6) is 5.75 Å². The third kappa shape index (κ3) is 3.33. The van der Waals surface area contributed by atoms with E-state index in [2.05, 4.69) is 10.5 Å². The van der Waals surface area contributed by atoms with Crippen LogP contribution in [0.4, 0.5) is 4.39 Å². The van der Waals surface area contributed by atoms with Gasteiger partial charge in [-0.25, -0.2) is 9.82 Å². The van der Waals surface area contributed by atoms with Crippen LogP contribution >= 0.6 is 11.6 Å². The lowest BCUT2D eigenvalue weighted by Gasteiger charge is -2.02. The second-order valence-electron chi connectivity index (χ2n) is 3.88. The van der Waals surface area contributed by atoms with Crippen molar-refractivity contribution in [2.45, 2.75) is 0 Å². The Morgan fingerprint density at radius 3 is 2.80 bits per heavy atom. The summed E-state index contributed by atoms with van der Waals surface area (Å²) >= 11 is 5.86. The molecule has 0 unspecified atom stereocenters. The van der Waals surface area contributed by atoms with Gasteiger partial charge < -0.3 is 5.11 Å². The van der Waals surface area contributed by atoms with Gasteiger partial charge in [0.15, 0.2) is 0 Å². The molecule has 0 saturated carbocycles. The number of phenols is 1. The lowest BCUT2D eigenvalue weighted by molar-refractivity contribution is 0.0955. The van der Waals surface area contributed by atoms with Crippen molar-refractivity contribution in [2.24, 2.45) is 5.10 Å². The number of benzene rings is 2. The van der Waals surface area contributed by atoms with Crippen LogP contribution in [0.25, 0.3) is 0 Å². The molecule has 0 fully saturated rings. The second kappa shape index (κ2) is 6.16. The molecule has 0 radical (unpaired) electrons. The summed E-state index contributed by atoms with van der Waals surface area (Å²) in [4.78, 5) is 11.8. The predicted molar refractivity (Wildman–Crippen MR) is 74.6 cm³/mol. The lowest BCUT2D eigenvalue weighted by Crippen LogP contribution is -2.17. The molecule has 2 N–H and O–H groups in total. The highest BCUT2D eigenvalue weighted by Gasteiger charge is 2.08. The summed E-state index contributed by atoms with van der Waals surface area (Å²) in [7, 11) is 0. The van der Waals surface area contributed by atoms with Crippen LogP contribution in [0.15, 0.2) is 47.6 Å². The third-order valence-corrected chi connectivity index (χ3v) is 2.81. The molecule has 20 heavy (non-hydrogen) atoms. The fraction of sp³-hybridized carbons (Fsp3) is 0. The topological polar surface area (TPSA) is 61.7 Å². The molecule has 6 heteroatoms. The van der Waals surface area contributed by atoms with Gasteiger partial charge in [-0.2, -0.15) is 5.10 Å². The highest BCUT2D eigenvalue weighted by atomic mass is 35.5. The Balaban J connectivity index is 2.09. The van der Waals surface area contributed by atoms with Crippen molar-refractivity contribution >= 4 is 23.7 Å². The first-order valence-corrected chi connectivity index (χ1v) is 6.02. The highest BCUT2D eigenvalue weighted by Crippen LogP contribution is 2.16. The standard InChI is InChI=1S/C14H10ClFN2O2/c15-12-4-2-1-3-11(12)14(20)18-17-8-9-7-10(16)5-6-13(9)19/h1-8,19H,(H,18,20). The molecule has 102 valence electrons. The average molecular weight is 293 g/mol. The minimum absolute atomic E-state index is 0.137. The minimum Gasteiger partial charge on any atom is -0.507 e. The quantitative estimate of drug-likeness (QED) is 0.675. The van der Waals surface area contributed by atoms with Gasteiger partial charge in [0.25, 0.3) is 5.91 Å². The zero-order chi connectivity index (χ0) is 14.5. The molecular formula is C14H10ClFN2O2. The van der Waals surface area contributed by atoms with E-state index in [-0.39, 0.29) is 16.9 Å². The molecule has 0 bridgehead atoms. The van der Waals surface area contributed by atoms with Crippen molar-refractivity contribution in [3.05, 3.63) is 64.4 Å². The molecule has 0 aromatic heterocycles. The molecule has 0 aliphatic carbocycles. The monoisotopic (exact) mass is 292 g/mol. The summed E-state index contributed by atoms with van der Waals surface area (Å²) in [6.45, 7) is 0. The number of carbonyl (C=O) groups is 1. The van der Waals surface area contributed by atoms with Gasteiger partial charge in [0.1, 0.15) is 11.6 Å². The van der Waals surface area contributed by atoms with E-state index in [1.807, 2.05) is 0 Å². The normalized spacial score (nSPS) is 10.7. The summed E-state index contributed by atoms with van der Waals surface area (Å²) in [6.07, 6.45) is 1.15. The lowest BCUT2D eigenvalue weighted by atomic mass is 10.2. The van der Waals surface area contributed by atoms with Crippen LogP contribution in [0.3, 0.4) is 0 Å². The van der Waals surface area contributed by atoms with Gasteiger partial charge in [0, 0.05) is 5.56 Å². The van der Waals surface area contributed by atoms with E-state index >= 15 is 0 Å². The van der Waals surface area contributed by atoms with Gasteiger partial charge in [-0.15, -0.1) is 0 Å². The van der Waals surface area contributed by atoms with E-state index in [1.165, 1.54) is 6.07 Å². The Morgan fingerprint density at radius 1 is 1.30 bits per heavy atom. The maximum atomic E-state index is 13.0. The number of nitrogens with zero attached hydrogens (tertiary/aromatic N) is 1. The van der Waals surface area contributed by atoms with Crippen molar-refractivity contribution in [3.63, 3.8) is 0 Å². The number of hydrazone groups is 1. The number of amides is 1. The first-order chi connectivity index (χ1) is 9.58. The number of hydrogen-bond donors (Lipinski definition) is 2. The number of phenolic OH excluding ortho intramolecular Hbond substituents is 1. The second-order valence-corrected chi connectivity index (χ2v) is 4.29. The number of hydrogen-bond acceptors (Lipinski definition) is 3. The van der Waals surface area contributed by atoms with Crippen LogP contribution in [0, 0.1) is 5.82 Å². The number of carbonyl (C=O) groups excluding carboxylic acids is 1. The summed E-state index contributed by atoms with van der Waals surface area (Å²) in [5.41, 5.74) is 2.68. The molecule has 2 rings (SSSR count). The van der Waals surface area contributed by atoms with Crippen LogP contribution in [-0.4, -0.2) is 17.2 Å². The highest BCUT2D eigenvalue weighted by molar-refractivity contribution is 6.33. The van der Waals surface area contributed by atoms with Gasteiger partial charge in [-0.05, 0) is 30.3 Å². The minimum atomic E-state index is -0.512. The van der Waals surface area contributed by atoms with Crippen LogP contribution in [0.1, 0.15) is 15.9 Å². The molecule has 0 atom stereocenters. The predicted octanol–water partition coefficient (Wildman–Crippen LogP) is 2.95. The fourth-order valence-corrected chi connectivity index (χ4v) is 1.72. The van der Waals surface area contributed by atoms with Crippen LogP contribution in [-0.2, 0) is 0 Å². The zero-order valence-corrected chi connectivity index (χ0v) is 10.9. The van der Waals surface area contributed by atoms with Crippen LogP contribution in [0.2, 0.25) is 5.02 Å². The van der Waals surface area contributed by atoms with Crippen molar-refractivity contribution in [1.82, 2.24) is 5.43 Å². The van der Waals surface area contributed by atoms with Crippen molar-refractivity contribution in [3.8, 4) is 5.75 Å². The molecule has 1 amide bonds. The largest absolute Gasteiger partial charge is 0.507 e. The summed E-state index contributed by atoms with van der Waals surface area (Å²) in [6, 6.07) is 9.92. The van der Waals surface area contributed by atoms with Gasteiger partial charge in [0.05, 0.1) is 16.8 Å². The number of nitrogens with one attached hydrogen (secondary N) is 1. The average Bonchev–Trinajstić information content (AvgIpc) is 2.43. The molecule has 0 spiro atoms. The first kappa shape index (κ1) is 14.0. The molecule has 2 aromatic rings. The van der Waals surface area contributed by atoms with Gasteiger partial charge >= 0.3 is 0 Å². The molecule has 2 aromatic carbocycles. The van der Waals surface area contributed by atoms with E-state index in [4.69, 9.17) is 11.6 Å². The Kier molecular flexibility index (Phi) is 4.32. The third-order valence-electron chi connectivity index (χ3n) is 2.48. The maximum Gasteiger partial charge on any atom is 0.272 e. The Bertz CT molecular complexity index is 674. The number of halogens is 2. The van der Waals surface area contributed by atoms with E-state index < -0.39 is 11.7 Å². The number of rotatable bonds is 3. The Labute approximate surface area is 119 Å². The van der Waals surface area contributed by atoms with Gasteiger partial charge in [0.2, 0.25) is 0 Å². The number of aromatic hydroxyl groups is 1. The van der Waals surface area contributed by atoms with Crippen molar-refractivity contribution in [1.29, 1.82) is 0 Å². The molecule has 0 aliphatic heterocycles. The molecule has 0 aliphatic rings. The van der Waals surface area contributed by atoms with Crippen LogP contribution < -0.4 is 5.43 Å². The Hall–Kier alpha value is -2.40. The zero-order valence-electron chi connectivity index (χ0n) is 10.2. The molecule has 0 saturated heterocycles. The van der Waals surface area contributed by atoms with Gasteiger partial charge in [-0.1, -0.05) is 23.7 Å². The molecular weight excluding hydrogens is 283 g/mol. The van der Waals surface area contributed by atoms with E-state index in [1.54, 1.807) is 24.3 Å². The molecule has 0 heterocycles. The SMILES string of the molecule is O=C(NN=Cc1cc(F)ccc1O)c1ccccc1Cl. The Morgan fingerprint density at radius 2 is 2.05 bits per heavy atom. The first-order valence-electron chi connectivity index (χ1n) is 5.64. The summed E-state index contributed by atoms with van der Waals surface area (Å²) < 4.78 is 13.0. The molecule has 4 nitrogen and oxygen atoms in total. The van der Waals surface area contributed by atoms with E-state index in [0.29, 0.717) is 5.02 Å². The maximum absolute atomic E-state index is 13.0. The smallest absolute Gasteiger partial charge is 0.272 e. The fourth-order valence-electron chi connectivity index (χ4n) is 1.49. The van der Waals surface area contributed by atoms with E-state index in [0.717, 1.165) is 18.3 Å². The van der Waals surface area contributed by atoms with Crippen molar-refractivity contribution in [2.75, 3.05) is 0 Å². The van der Waals surface area contributed by atoms with Gasteiger partial charge in [-0.3, -0.25) is 4.79 Å². The summed E-state index contributed by atoms with van der Waals surface area (Å²) in [5, 5.41) is 13.4. The van der Waals surface area contributed by atoms with Crippen molar-refractivity contribution < 1.29 is 14.3 Å². The van der Waals surface area contributed by atoms with E-state index in [9.17, 15) is 14.3 Å². The summed E-state index contributed by atoms with van der Waals surface area (Å²) in [5.74, 6) is -1.15.